The van der Waals surface area contributed by atoms with Crippen LogP contribution >= 0.6 is 0 Å². The molecule has 0 aromatic rings. The van der Waals surface area contributed by atoms with Gasteiger partial charge in [-0.1, -0.05) is 20.8 Å². The smallest absolute Gasteiger partial charge is 0.146 e. The van der Waals surface area contributed by atoms with Gasteiger partial charge >= 0.3 is 0 Å². The van der Waals surface area contributed by atoms with Crippen LogP contribution in [0.3, 0.4) is 0 Å². The summed E-state index contributed by atoms with van der Waals surface area (Å²) < 4.78 is 0. The molecule has 0 spiro atoms. The highest BCUT2D eigenvalue weighted by Gasteiger charge is 2.56. The fourth-order valence-corrected chi connectivity index (χ4v) is 1.72. The van der Waals surface area contributed by atoms with Gasteiger partial charge in [-0.3, -0.25) is 4.79 Å². The number of Topliss-reactive ketones (excluding diaryl/α,β-unsaturated/α-hetero) is 1. The largest absolute Gasteiger partial charge is 0.392 e. The molecule has 2 nitrogen and oxygen atoms in total. The topological polar surface area (TPSA) is 37.3 Å². The lowest BCUT2D eigenvalue weighted by atomic mass is 9.79. The van der Waals surface area contributed by atoms with Crippen molar-refractivity contribution in [2.24, 2.45) is 10.8 Å². The first kappa shape index (κ1) is 9.72. The van der Waals surface area contributed by atoms with Crippen molar-refractivity contribution in [2.45, 2.75) is 46.6 Å². The zero-order valence-corrected chi connectivity index (χ0v) is 8.35. The summed E-state index contributed by atoms with van der Waals surface area (Å²) in [5, 5.41) is 9.46. The van der Waals surface area contributed by atoms with Gasteiger partial charge in [-0.15, -0.1) is 0 Å². The number of aliphatic hydroxyl groups is 1. The highest BCUT2D eigenvalue weighted by molar-refractivity contribution is 5.92. The Kier molecular flexibility index (Phi) is 2.07. The van der Waals surface area contributed by atoms with E-state index in [1.807, 2.05) is 20.8 Å². The van der Waals surface area contributed by atoms with Crippen LogP contribution in [-0.2, 0) is 4.79 Å². The molecule has 1 rings (SSSR count). The van der Waals surface area contributed by atoms with Crippen molar-refractivity contribution in [1.82, 2.24) is 0 Å². The Bertz CT molecular complexity index is 194. The SMILES string of the molecule is CC(O)C1(C(=O)C(C)(C)C)CC1. The van der Waals surface area contributed by atoms with E-state index in [-0.39, 0.29) is 11.2 Å². The molecule has 1 aliphatic carbocycles. The van der Waals surface area contributed by atoms with E-state index < -0.39 is 11.5 Å². The quantitative estimate of drug-likeness (QED) is 0.685. The first-order chi connectivity index (χ1) is 5.31. The van der Waals surface area contributed by atoms with Gasteiger partial charge in [0.15, 0.2) is 0 Å². The van der Waals surface area contributed by atoms with E-state index in [2.05, 4.69) is 0 Å². The summed E-state index contributed by atoms with van der Waals surface area (Å²) >= 11 is 0. The second kappa shape index (κ2) is 2.56. The van der Waals surface area contributed by atoms with Crippen molar-refractivity contribution in [2.75, 3.05) is 0 Å². The van der Waals surface area contributed by atoms with Gasteiger partial charge in [0.2, 0.25) is 0 Å². The molecule has 1 fully saturated rings. The first-order valence-corrected chi connectivity index (χ1v) is 4.54. The molecule has 1 aliphatic rings. The van der Waals surface area contributed by atoms with E-state index in [1.165, 1.54) is 0 Å². The molecule has 0 amide bonds. The molecule has 0 heterocycles. The van der Waals surface area contributed by atoms with Gasteiger partial charge in [-0.25, -0.2) is 0 Å². The predicted molar refractivity (Wildman–Crippen MR) is 47.8 cm³/mol. The molecule has 1 atom stereocenters. The molecule has 12 heavy (non-hydrogen) atoms. The van der Waals surface area contributed by atoms with Crippen LogP contribution in [0, 0.1) is 10.8 Å². The highest BCUT2D eigenvalue weighted by atomic mass is 16.3. The van der Waals surface area contributed by atoms with Crippen molar-refractivity contribution in [1.29, 1.82) is 0 Å². The molecule has 0 radical (unpaired) electrons. The molecular formula is C10H18O2. The third-order valence-corrected chi connectivity index (χ3v) is 2.72. The van der Waals surface area contributed by atoms with Crippen LogP contribution in [0.1, 0.15) is 40.5 Å². The van der Waals surface area contributed by atoms with E-state index in [4.69, 9.17) is 0 Å². The second-order valence-corrected chi connectivity index (χ2v) is 4.91. The maximum atomic E-state index is 11.8. The molecule has 1 N–H and O–H groups in total. The zero-order valence-electron chi connectivity index (χ0n) is 8.35. The number of hydrogen-bond donors (Lipinski definition) is 1. The molecule has 0 bridgehead atoms. The van der Waals surface area contributed by atoms with E-state index in [9.17, 15) is 9.90 Å². The molecule has 0 aromatic heterocycles. The second-order valence-electron chi connectivity index (χ2n) is 4.91. The average Bonchev–Trinajstić information content (AvgIpc) is 2.62. The Morgan fingerprint density at radius 3 is 1.92 bits per heavy atom. The van der Waals surface area contributed by atoms with Gasteiger partial charge in [-0.05, 0) is 19.8 Å². The van der Waals surface area contributed by atoms with Crippen LogP contribution in [0.25, 0.3) is 0 Å². The Hall–Kier alpha value is -0.370. The summed E-state index contributed by atoms with van der Waals surface area (Å²) in [5.74, 6) is 0.213. The van der Waals surface area contributed by atoms with Crippen LogP contribution in [0.2, 0.25) is 0 Å². The number of hydrogen-bond acceptors (Lipinski definition) is 2. The lowest BCUT2D eigenvalue weighted by molar-refractivity contribution is -0.135. The number of aliphatic hydroxyl groups excluding tert-OH is 1. The molecule has 0 aromatic carbocycles. The average molecular weight is 170 g/mol. The third kappa shape index (κ3) is 1.40. The lowest BCUT2D eigenvalue weighted by Gasteiger charge is -2.26. The van der Waals surface area contributed by atoms with Crippen LogP contribution in [0.5, 0.6) is 0 Å². The molecule has 1 unspecified atom stereocenters. The molecular weight excluding hydrogens is 152 g/mol. The Morgan fingerprint density at radius 2 is 1.83 bits per heavy atom. The van der Waals surface area contributed by atoms with Crippen LogP contribution < -0.4 is 0 Å². The predicted octanol–water partition coefficient (Wildman–Crippen LogP) is 1.76. The third-order valence-electron chi connectivity index (χ3n) is 2.72. The van der Waals surface area contributed by atoms with E-state index >= 15 is 0 Å². The van der Waals surface area contributed by atoms with Crippen molar-refractivity contribution < 1.29 is 9.90 Å². The molecule has 70 valence electrons. The molecule has 0 aliphatic heterocycles. The van der Waals surface area contributed by atoms with E-state index in [0.29, 0.717) is 0 Å². The first-order valence-electron chi connectivity index (χ1n) is 4.54. The van der Waals surface area contributed by atoms with Crippen molar-refractivity contribution in [3.8, 4) is 0 Å². The number of carbonyl (C=O) groups is 1. The molecule has 0 saturated heterocycles. The molecule has 2 heteroatoms. The van der Waals surface area contributed by atoms with E-state index in [1.54, 1.807) is 6.92 Å². The Labute approximate surface area is 74.0 Å². The van der Waals surface area contributed by atoms with Crippen molar-refractivity contribution in [3.05, 3.63) is 0 Å². The lowest BCUT2D eigenvalue weighted by Crippen LogP contribution is -2.36. The summed E-state index contributed by atoms with van der Waals surface area (Å²) in [5.41, 5.74) is -0.703. The van der Waals surface area contributed by atoms with Gasteiger partial charge in [-0.2, -0.15) is 0 Å². The Morgan fingerprint density at radius 1 is 1.42 bits per heavy atom. The summed E-state index contributed by atoms with van der Waals surface area (Å²) in [4.78, 5) is 11.8. The zero-order chi connectivity index (χ0) is 9.57. The standard InChI is InChI=1S/C10H18O2/c1-7(11)10(5-6-10)8(12)9(2,3)4/h7,11H,5-6H2,1-4H3. The highest BCUT2D eigenvalue weighted by Crippen LogP contribution is 2.52. The molecule has 1 saturated carbocycles. The number of ketones is 1. The number of rotatable bonds is 2. The minimum Gasteiger partial charge on any atom is -0.392 e. The Balaban J connectivity index is 2.78. The van der Waals surface area contributed by atoms with Crippen LogP contribution in [0.15, 0.2) is 0 Å². The minimum atomic E-state index is -0.482. The van der Waals surface area contributed by atoms with E-state index in [0.717, 1.165) is 12.8 Å². The van der Waals surface area contributed by atoms with Crippen LogP contribution in [-0.4, -0.2) is 17.0 Å². The fourth-order valence-electron chi connectivity index (χ4n) is 1.72. The summed E-state index contributed by atoms with van der Waals surface area (Å²) in [6.07, 6.45) is 1.24. The maximum Gasteiger partial charge on any atom is 0.146 e. The van der Waals surface area contributed by atoms with Gasteiger partial charge in [0.25, 0.3) is 0 Å². The van der Waals surface area contributed by atoms with Crippen molar-refractivity contribution >= 4 is 5.78 Å². The monoisotopic (exact) mass is 170 g/mol. The summed E-state index contributed by atoms with van der Waals surface area (Å²) in [7, 11) is 0. The van der Waals surface area contributed by atoms with Gasteiger partial charge in [0, 0.05) is 5.41 Å². The maximum absolute atomic E-state index is 11.8. The van der Waals surface area contributed by atoms with Gasteiger partial charge in [0.05, 0.1) is 11.5 Å². The summed E-state index contributed by atoms with van der Waals surface area (Å²) in [6, 6.07) is 0. The van der Waals surface area contributed by atoms with Crippen molar-refractivity contribution in [3.63, 3.8) is 0 Å². The number of carbonyl (C=O) groups excluding carboxylic acids is 1. The fraction of sp³-hybridized carbons (Fsp3) is 0.900. The van der Waals surface area contributed by atoms with Crippen LogP contribution in [0.4, 0.5) is 0 Å². The van der Waals surface area contributed by atoms with Gasteiger partial charge < -0.3 is 5.11 Å². The van der Waals surface area contributed by atoms with Gasteiger partial charge in [0.1, 0.15) is 5.78 Å². The normalized spacial score (nSPS) is 23.4. The minimum absolute atomic E-state index is 0.213. The summed E-state index contributed by atoms with van der Waals surface area (Å²) in [6.45, 7) is 7.46.